The molecule has 0 bridgehead atoms. The Bertz CT molecular complexity index is 322. The van der Waals surface area contributed by atoms with Crippen LogP contribution in [0.1, 0.15) is 5.56 Å². The van der Waals surface area contributed by atoms with Crippen molar-refractivity contribution in [2.75, 3.05) is 14.1 Å². The molecule has 5 heteroatoms. The summed E-state index contributed by atoms with van der Waals surface area (Å²) in [4.78, 5) is 5.90. The van der Waals surface area contributed by atoms with Gasteiger partial charge >= 0.3 is 0 Å². The third kappa shape index (κ3) is 2.99. The van der Waals surface area contributed by atoms with Crippen molar-refractivity contribution < 1.29 is 0 Å². The lowest BCUT2D eigenvalue weighted by atomic mass is 10.3. The van der Waals surface area contributed by atoms with Crippen LogP contribution in [0.15, 0.2) is 11.1 Å². The fourth-order valence-corrected chi connectivity index (χ4v) is 0.786. The van der Waals surface area contributed by atoms with Gasteiger partial charge in [0.25, 0.3) is 0 Å². The number of halogens is 1. The lowest BCUT2D eigenvalue weighted by Gasteiger charge is -2.01. The highest BCUT2D eigenvalue weighted by Crippen LogP contribution is 2.14. The molecule has 1 heterocycles. The van der Waals surface area contributed by atoms with Crippen LogP contribution in [0, 0.1) is 6.92 Å². The Labute approximate surface area is 82.3 Å². The smallest absolute Gasteiger partial charge is 0.176 e. The molecule has 4 nitrogen and oxygen atoms in total. The summed E-state index contributed by atoms with van der Waals surface area (Å²) < 4.78 is 0. The van der Waals surface area contributed by atoms with Gasteiger partial charge in [0.15, 0.2) is 11.0 Å². The first kappa shape index (κ1) is 9.92. The molecule has 0 amide bonds. The zero-order valence-electron chi connectivity index (χ0n) is 7.82. The first-order chi connectivity index (χ1) is 6.09. The molecule has 0 aliphatic carbocycles. The van der Waals surface area contributed by atoms with Crippen molar-refractivity contribution in [2.24, 2.45) is 4.99 Å². The van der Waals surface area contributed by atoms with Gasteiger partial charge in [-0.05, 0) is 18.6 Å². The van der Waals surface area contributed by atoms with Crippen molar-refractivity contribution in [1.29, 1.82) is 0 Å². The molecule has 0 N–H and O–H groups in total. The molecule has 0 unspecified atom stereocenters. The lowest BCUT2D eigenvalue weighted by molar-refractivity contribution is 0.642. The van der Waals surface area contributed by atoms with E-state index in [-0.39, 0.29) is 0 Å². The predicted molar refractivity (Wildman–Crippen MR) is 53.6 cm³/mol. The molecule has 1 aromatic rings. The lowest BCUT2D eigenvalue weighted by Crippen LogP contribution is -2.07. The molecule has 70 valence electrons. The van der Waals surface area contributed by atoms with E-state index in [9.17, 15) is 0 Å². The van der Waals surface area contributed by atoms with Crippen molar-refractivity contribution in [2.45, 2.75) is 6.92 Å². The Kier molecular flexibility index (Phi) is 3.19. The fourth-order valence-electron chi connectivity index (χ4n) is 0.694. The van der Waals surface area contributed by atoms with E-state index in [1.54, 1.807) is 12.4 Å². The van der Waals surface area contributed by atoms with Crippen LogP contribution in [0.5, 0.6) is 0 Å². The van der Waals surface area contributed by atoms with Crippen LogP contribution in [-0.4, -0.2) is 35.5 Å². The summed E-state index contributed by atoms with van der Waals surface area (Å²) in [5, 5.41) is 7.96. The van der Waals surface area contributed by atoms with E-state index >= 15 is 0 Å². The summed E-state index contributed by atoms with van der Waals surface area (Å²) in [6.45, 7) is 1.87. The summed E-state index contributed by atoms with van der Waals surface area (Å²) in [7, 11) is 3.78. The zero-order valence-corrected chi connectivity index (χ0v) is 8.58. The first-order valence-electron chi connectivity index (χ1n) is 3.80. The molecule has 0 atom stereocenters. The molecule has 0 aromatic carbocycles. The maximum absolute atomic E-state index is 5.71. The van der Waals surface area contributed by atoms with Gasteiger partial charge in [0.1, 0.15) is 0 Å². The third-order valence-corrected chi connectivity index (χ3v) is 1.71. The SMILES string of the molecule is Cc1cc(N=CN(C)C)nnc1Cl. The number of aromatic nitrogens is 2. The van der Waals surface area contributed by atoms with Crippen LogP contribution in [0.2, 0.25) is 5.15 Å². The number of hydrogen-bond donors (Lipinski definition) is 0. The van der Waals surface area contributed by atoms with E-state index in [4.69, 9.17) is 11.6 Å². The van der Waals surface area contributed by atoms with Gasteiger partial charge < -0.3 is 4.90 Å². The van der Waals surface area contributed by atoms with Crippen molar-refractivity contribution in [3.05, 3.63) is 16.8 Å². The van der Waals surface area contributed by atoms with Crippen LogP contribution >= 0.6 is 11.6 Å². The predicted octanol–water partition coefficient (Wildman–Crippen LogP) is 1.66. The fraction of sp³-hybridized carbons (Fsp3) is 0.375. The monoisotopic (exact) mass is 198 g/mol. The normalized spacial score (nSPS) is 10.8. The number of rotatable bonds is 2. The highest BCUT2D eigenvalue weighted by Gasteiger charge is 1.98. The highest BCUT2D eigenvalue weighted by atomic mass is 35.5. The van der Waals surface area contributed by atoms with Gasteiger partial charge in [-0.1, -0.05) is 11.6 Å². The molecule has 0 spiro atoms. The molecular formula is C8H11ClN4. The number of aryl methyl sites for hydroxylation is 1. The van der Waals surface area contributed by atoms with Gasteiger partial charge in [-0.3, -0.25) is 0 Å². The Morgan fingerprint density at radius 2 is 2.15 bits per heavy atom. The van der Waals surface area contributed by atoms with Crippen molar-refractivity contribution in [3.8, 4) is 0 Å². The zero-order chi connectivity index (χ0) is 9.84. The Hall–Kier alpha value is -1.16. The van der Waals surface area contributed by atoms with E-state index < -0.39 is 0 Å². The van der Waals surface area contributed by atoms with Crippen molar-refractivity contribution in [1.82, 2.24) is 15.1 Å². The summed E-state index contributed by atoms with van der Waals surface area (Å²) >= 11 is 5.71. The molecule has 1 rings (SSSR count). The second-order valence-corrected chi connectivity index (χ2v) is 3.24. The van der Waals surface area contributed by atoms with Gasteiger partial charge in [0.2, 0.25) is 0 Å². The van der Waals surface area contributed by atoms with Crippen LogP contribution in [-0.2, 0) is 0 Å². The van der Waals surface area contributed by atoms with Gasteiger partial charge in [0, 0.05) is 14.1 Å². The van der Waals surface area contributed by atoms with Gasteiger partial charge in [-0.25, -0.2) is 4.99 Å². The van der Waals surface area contributed by atoms with E-state index in [2.05, 4.69) is 15.2 Å². The minimum absolute atomic E-state index is 0.420. The molecule has 0 saturated heterocycles. The van der Waals surface area contributed by atoms with Crippen LogP contribution in [0.4, 0.5) is 5.82 Å². The quantitative estimate of drug-likeness (QED) is 0.536. The first-order valence-corrected chi connectivity index (χ1v) is 4.18. The van der Waals surface area contributed by atoms with E-state index in [1.807, 2.05) is 25.9 Å². The average Bonchev–Trinajstić information content (AvgIpc) is 2.07. The van der Waals surface area contributed by atoms with Gasteiger partial charge in [0.05, 0.1) is 6.34 Å². The molecule has 1 aromatic heterocycles. The average molecular weight is 199 g/mol. The molecule has 0 saturated carbocycles. The largest absolute Gasteiger partial charge is 0.369 e. The Morgan fingerprint density at radius 1 is 1.46 bits per heavy atom. The molecule has 0 aliphatic heterocycles. The maximum Gasteiger partial charge on any atom is 0.176 e. The number of hydrogen-bond acceptors (Lipinski definition) is 3. The Balaban J connectivity index is 2.85. The second kappa shape index (κ2) is 4.18. The van der Waals surface area contributed by atoms with Crippen LogP contribution < -0.4 is 0 Å². The Morgan fingerprint density at radius 3 is 2.69 bits per heavy atom. The topological polar surface area (TPSA) is 41.4 Å². The molecule has 0 aliphatic rings. The summed E-state index contributed by atoms with van der Waals surface area (Å²) in [6, 6.07) is 1.79. The van der Waals surface area contributed by atoms with Crippen LogP contribution in [0.25, 0.3) is 0 Å². The third-order valence-electron chi connectivity index (χ3n) is 1.33. The van der Waals surface area contributed by atoms with Gasteiger partial charge in [-0.15, -0.1) is 10.2 Å². The van der Waals surface area contributed by atoms with E-state index in [1.165, 1.54) is 0 Å². The number of nitrogens with zero attached hydrogens (tertiary/aromatic N) is 4. The summed E-state index contributed by atoms with van der Waals surface area (Å²) in [6.07, 6.45) is 1.66. The minimum Gasteiger partial charge on any atom is -0.369 e. The molecule has 0 radical (unpaired) electrons. The molecule has 13 heavy (non-hydrogen) atoms. The maximum atomic E-state index is 5.71. The summed E-state index contributed by atoms with van der Waals surface area (Å²) in [5.74, 6) is 0.565. The van der Waals surface area contributed by atoms with Crippen molar-refractivity contribution >= 4 is 23.8 Å². The highest BCUT2D eigenvalue weighted by molar-refractivity contribution is 6.30. The van der Waals surface area contributed by atoms with E-state index in [0.717, 1.165) is 5.56 Å². The number of aliphatic imine (C=N–C) groups is 1. The standard InChI is InChI=1S/C8H11ClN4/c1-6-4-7(10-5-13(2)3)11-12-8(6)9/h4-5H,1-3H3. The van der Waals surface area contributed by atoms with Crippen molar-refractivity contribution in [3.63, 3.8) is 0 Å². The molecule has 0 fully saturated rings. The summed E-state index contributed by atoms with van der Waals surface area (Å²) in [5.41, 5.74) is 0.877. The second-order valence-electron chi connectivity index (χ2n) is 2.88. The molecular weight excluding hydrogens is 188 g/mol. The minimum atomic E-state index is 0.420. The van der Waals surface area contributed by atoms with Crippen LogP contribution in [0.3, 0.4) is 0 Å². The van der Waals surface area contributed by atoms with E-state index in [0.29, 0.717) is 11.0 Å². The van der Waals surface area contributed by atoms with Gasteiger partial charge in [-0.2, -0.15) is 0 Å².